The first-order chi connectivity index (χ1) is 19.4. The monoisotopic (exact) mass is 562 g/mol. The van der Waals surface area contributed by atoms with E-state index in [-0.39, 0.29) is 28.0 Å². The molecular weight excluding hydrogens is 531 g/mol. The van der Waals surface area contributed by atoms with E-state index in [2.05, 4.69) is 21.8 Å². The minimum atomic E-state index is -0.522. The third-order valence-electron chi connectivity index (χ3n) is 8.16. The summed E-state index contributed by atoms with van der Waals surface area (Å²) < 4.78 is 22.8. The van der Waals surface area contributed by atoms with E-state index in [0.29, 0.717) is 55.5 Å². The van der Waals surface area contributed by atoms with Gasteiger partial charge >= 0.3 is 6.01 Å². The number of H-pyrrole nitrogens is 1. The molecule has 1 amide bonds. The topological polar surface area (TPSA) is 87.2 Å². The second-order valence-electron chi connectivity index (χ2n) is 10.7. The number of carbonyl (C=O) groups excluding carboxylic acids is 1. The van der Waals surface area contributed by atoms with Gasteiger partial charge in [0.2, 0.25) is 5.91 Å². The van der Waals surface area contributed by atoms with E-state index >= 15 is 4.39 Å². The largest absolute Gasteiger partial charge is 0.463 e. The van der Waals surface area contributed by atoms with Crippen LogP contribution in [0.4, 0.5) is 10.2 Å². The maximum absolute atomic E-state index is 16.6. The first-order valence-electron chi connectivity index (χ1n) is 13.9. The third-order valence-corrected chi connectivity index (χ3v) is 8.46. The molecule has 2 fully saturated rings. The molecule has 6 rings (SSSR count). The predicted molar refractivity (Wildman–Crippen MR) is 155 cm³/mol. The summed E-state index contributed by atoms with van der Waals surface area (Å²) in [7, 11) is 0. The molecule has 2 aliphatic rings. The summed E-state index contributed by atoms with van der Waals surface area (Å²) in [6.45, 7) is 8.09. The van der Waals surface area contributed by atoms with Gasteiger partial charge in [-0.25, -0.2) is 4.39 Å². The summed E-state index contributed by atoms with van der Waals surface area (Å²) in [4.78, 5) is 25.3. The molecule has 1 aliphatic carbocycles. The molecule has 10 heteroatoms. The van der Waals surface area contributed by atoms with Gasteiger partial charge in [-0.15, -0.1) is 0 Å². The SMILES string of the molecule is C=CC(=O)N1CCN(c2nc(OCC3CCCCC3)nc3c(F)c(-c4c(C)ccc5[nH]ncc45)c(Cl)cc23)CC1. The maximum atomic E-state index is 16.6. The van der Waals surface area contributed by atoms with Gasteiger partial charge < -0.3 is 14.5 Å². The number of halogens is 2. The first-order valence-corrected chi connectivity index (χ1v) is 14.2. The Morgan fingerprint density at radius 3 is 2.67 bits per heavy atom. The van der Waals surface area contributed by atoms with Crippen LogP contribution in [0.15, 0.2) is 37.1 Å². The van der Waals surface area contributed by atoms with Gasteiger partial charge in [0, 0.05) is 48.1 Å². The van der Waals surface area contributed by atoms with Crippen LogP contribution < -0.4 is 9.64 Å². The number of fused-ring (bicyclic) bond motifs is 2. The number of anilines is 1. The number of carbonyl (C=O) groups is 1. The van der Waals surface area contributed by atoms with Crippen LogP contribution in [0.1, 0.15) is 37.7 Å². The highest BCUT2D eigenvalue weighted by Gasteiger charge is 2.27. The van der Waals surface area contributed by atoms with Crippen LogP contribution in [0, 0.1) is 18.7 Å². The zero-order valence-corrected chi connectivity index (χ0v) is 23.3. The number of ether oxygens (including phenoxy) is 1. The van der Waals surface area contributed by atoms with Gasteiger partial charge in [0.1, 0.15) is 11.3 Å². The Kier molecular flexibility index (Phi) is 7.31. The van der Waals surface area contributed by atoms with Crippen molar-refractivity contribution >= 4 is 45.1 Å². The van der Waals surface area contributed by atoms with E-state index < -0.39 is 5.82 Å². The molecule has 8 nitrogen and oxygen atoms in total. The van der Waals surface area contributed by atoms with Gasteiger partial charge in [0.25, 0.3) is 0 Å². The fourth-order valence-corrected chi connectivity index (χ4v) is 6.25. The number of rotatable bonds is 6. The smallest absolute Gasteiger partial charge is 0.319 e. The van der Waals surface area contributed by atoms with Crippen molar-refractivity contribution in [2.24, 2.45) is 5.92 Å². The van der Waals surface area contributed by atoms with E-state index in [0.717, 1.165) is 29.3 Å². The van der Waals surface area contributed by atoms with Gasteiger partial charge in [0.05, 0.1) is 23.3 Å². The van der Waals surface area contributed by atoms with Gasteiger partial charge in [-0.05, 0) is 49.5 Å². The standard InChI is InChI=1S/C30H32ClFN6O2/c1-3-24(39)37-11-13-38(14-12-37)29-20-15-22(31)26(25-18(2)9-10-23-21(25)16-33-36-23)27(32)28(20)34-30(35-29)40-17-19-7-5-4-6-8-19/h3,9-10,15-16,19H,1,4-8,11-14,17H2,2H3,(H,33,36). The molecule has 1 N–H and O–H groups in total. The number of aryl methyl sites for hydroxylation is 1. The molecule has 2 aromatic heterocycles. The number of nitrogens with one attached hydrogen (secondary N) is 1. The molecule has 0 unspecified atom stereocenters. The van der Waals surface area contributed by atoms with Gasteiger partial charge in [-0.1, -0.05) is 43.5 Å². The Bertz CT molecular complexity index is 1590. The lowest BCUT2D eigenvalue weighted by atomic mass is 9.90. The number of hydrogen-bond acceptors (Lipinski definition) is 6. The normalized spacial score (nSPS) is 16.6. The van der Waals surface area contributed by atoms with Crippen LogP contribution in [0.3, 0.4) is 0 Å². The van der Waals surface area contributed by atoms with Crippen molar-refractivity contribution in [2.45, 2.75) is 39.0 Å². The molecule has 3 heterocycles. The number of aromatic amines is 1. The number of nitrogens with zero attached hydrogens (tertiary/aromatic N) is 5. The molecule has 4 aromatic rings. The Morgan fingerprint density at radius 2 is 1.93 bits per heavy atom. The van der Waals surface area contributed by atoms with Crippen LogP contribution in [0.25, 0.3) is 32.9 Å². The number of piperazine rings is 1. The van der Waals surface area contributed by atoms with Crippen molar-refractivity contribution in [3.63, 3.8) is 0 Å². The summed E-state index contributed by atoms with van der Waals surface area (Å²) in [6.07, 6.45) is 8.88. The highest BCUT2D eigenvalue weighted by molar-refractivity contribution is 6.35. The van der Waals surface area contributed by atoms with E-state index in [4.69, 9.17) is 21.3 Å². The summed E-state index contributed by atoms with van der Waals surface area (Å²) in [5, 5.41) is 8.67. The van der Waals surface area contributed by atoms with Crippen LogP contribution in [0.2, 0.25) is 5.02 Å². The predicted octanol–water partition coefficient (Wildman–Crippen LogP) is 6.07. The Morgan fingerprint density at radius 1 is 1.15 bits per heavy atom. The zero-order valence-electron chi connectivity index (χ0n) is 22.6. The van der Waals surface area contributed by atoms with Crippen molar-refractivity contribution in [3.05, 3.63) is 53.5 Å². The maximum Gasteiger partial charge on any atom is 0.319 e. The average Bonchev–Trinajstić information content (AvgIpc) is 3.46. The Balaban J connectivity index is 1.46. The van der Waals surface area contributed by atoms with Crippen molar-refractivity contribution in [1.29, 1.82) is 0 Å². The van der Waals surface area contributed by atoms with Crippen LogP contribution in [0.5, 0.6) is 6.01 Å². The number of aromatic nitrogens is 4. The second-order valence-corrected chi connectivity index (χ2v) is 11.1. The molecule has 0 spiro atoms. The Labute approximate surface area is 237 Å². The molecule has 0 bridgehead atoms. The van der Waals surface area contributed by atoms with Crippen molar-refractivity contribution in [3.8, 4) is 17.1 Å². The van der Waals surface area contributed by atoms with Crippen molar-refractivity contribution in [2.75, 3.05) is 37.7 Å². The molecule has 208 valence electrons. The van der Waals surface area contributed by atoms with E-state index in [1.165, 1.54) is 25.3 Å². The van der Waals surface area contributed by atoms with E-state index in [1.54, 1.807) is 17.2 Å². The van der Waals surface area contributed by atoms with Crippen LogP contribution in [-0.2, 0) is 4.79 Å². The molecule has 1 aliphatic heterocycles. The summed E-state index contributed by atoms with van der Waals surface area (Å²) >= 11 is 6.84. The molecule has 40 heavy (non-hydrogen) atoms. The fraction of sp³-hybridized carbons (Fsp3) is 0.400. The lowest BCUT2D eigenvalue weighted by Crippen LogP contribution is -2.48. The molecular formula is C30H32ClFN6O2. The fourth-order valence-electron chi connectivity index (χ4n) is 5.97. The minimum Gasteiger partial charge on any atom is -0.463 e. The number of hydrogen-bond donors (Lipinski definition) is 1. The average molecular weight is 563 g/mol. The number of amides is 1. The molecule has 2 aromatic carbocycles. The Hall–Kier alpha value is -3.72. The minimum absolute atomic E-state index is 0.105. The molecule has 0 atom stereocenters. The summed E-state index contributed by atoms with van der Waals surface area (Å²) in [6, 6.07) is 5.74. The summed E-state index contributed by atoms with van der Waals surface area (Å²) in [5.74, 6) is 0.369. The van der Waals surface area contributed by atoms with Crippen molar-refractivity contribution in [1.82, 2.24) is 25.1 Å². The van der Waals surface area contributed by atoms with Crippen LogP contribution >= 0.6 is 11.6 Å². The van der Waals surface area contributed by atoms with Crippen molar-refractivity contribution < 1.29 is 13.9 Å². The lowest BCUT2D eigenvalue weighted by molar-refractivity contribution is -0.126. The quantitative estimate of drug-likeness (QED) is 0.287. The molecule has 1 saturated heterocycles. The third kappa shape index (κ3) is 4.87. The summed E-state index contributed by atoms with van der Waals surface area (Å²) in [5.41, 5.74) is 2.79. The van der Waals surface area contributed by atoms with Gasteiger partial charge in [-0.2, -0.15) is 15.1 Å². The lowest BCUT2D eigenvalue weighted by Gasteiger charge is -2.35. The first kappa shape index (κ1) is 26.5. The number of benzene rings is 2. The highest BCUT2D eigenvalue weighted by Crippen LogP contribution is 2.42. The van der Waals surface area contributed by atoms with Crippen LogP contribution in [-0.4, -0.2) is 63.8 Å². The molecule has 0 radical (unpaired) electrons. The van der Waals surface area contributed by atoms with E-state index in [9.17, 15) is 4.79 Å². The van der Waals surface area contributed by atoms with Gasteiger partial charge in [0.15, 0.2) is 5.82 Å². The van der Waals surface area contributed by atoms with E-state index in [1.807, 2.05) is 24.0 Å². The highest BCUT2D eigenvalue weighted by atomic mass is 35.5. The second kappa shape index (κ2) is 11.0. The molecule has 1 saturated carbocycles. The zero-order chi connectivity index (χ0) is 27.8. The van der Waals surface area contributed by atoms with Gasteiger partial charge in [-0.3, -0.25) is 9.89 Å².